The van der Waals surface area contributed by atoms with Crippen LogP contribution < -0.4 is 5.32 Å². The first-order chi connectivity index (χ1) is 14.0. The van der Waals surface area contributed by atoms with Gasteiger partial charge in [-0.1, -0.05) is 36.4 Å². The summed E-state index contributed by atoms with van der Waals surface area (Å²) in [5.41, 5.74) is 1.98. The number of hydrogen-bond donors (Lipinski definition) is 1. The van der Waals surface area contributed by atoms with Crippen molar-refractivity contribution in [2.24, 2.45) is 5.92 Å². The van der Waals surface area contributed by atoms with Crippen LogP contribution in [0.2, 0.25) is 0 Å². The number of hydrogen-bond acceptors (Lipinski definition) is 6. The van der Waals surface area contributed by atoms with E-state index < -0.39 is 10.0 Å². The molecule has 2 atom stereocenters. The summed E-state index contributed by atoms with van der Waals surface area (Å²) in [5, 5.41) is 3.02. The molecule has 2 aromatic carbocycles. The summed E-state index contributed by atoms with van der Waals surface area (Å²) >= 11 is 0.993. The molecule has 3 aromatic rings. The molecular weight excluding hydrogens is 408 g/mol. The van der Waals surface area contributed by atoms with Crippen molar-refractivity contribution in [2.45, 2.75) is 30.7 Å². The summed E-state index contributed by atoms with van der Waals surface area (Å²) in [4.78, 5) is 13.0. The van der Waals surface area contributed by atoms with E-state index in [9.17, 15) is 13.2 Å². The minimum atomic E-state index is -3.75. The van der Waals surface area contributed by atoms with E-state index in [4.69, 9.17) is 0 Å². The van der Waals surface area contributed by atoms with Gasteiger partial charge in [0.1, 0.15) is 15.9 Å². The van der Waals surface area contributed by atoms with Gasteiger partial charge in [0.25, 0.3) is 0 Å². The lowest BCUT2D eigenvalue weighted by Gasteiger charge is -2.32. The number of rotatable bonds is 5. The lowest BCUT2D eigenvalue weighted by molar-refractivity contribution is -0.126. The summed E-state index contributed by atoms with van der Waals surface area (Å²) in [6.07, 6.45) is 1.31. The molecule has 152 valence electrons. The highest BCUT2D eigenvalue weighted by molar-refractivity contribution is 7.89. The highest BCUT2D eigenvalue weighted by Crippen LogP contribution is 2.28. The van der Waals surface area contributed by atoms with Crippen LogP contribution in [0.25, 0.3) is 11.0 Å². The number of sulfonamides is 1. The average Bonchev–Trinajstić information content (AvgIpc) is 3.23. The second kappa shape index (κ2) is 8.17. The van der Waals surface area contributed by atoms with E-state index in [2.05, 4.69) is 14.1 Å². The Bertz CT molecular complexity index is 1110. The highest BCUT2D eigenvalue weighted by atomic mass is 32.2. The summed E-state index contributed by atoms with van der Waals surface area (Å²) in [6, 6.07) is 14.6. The summed E-state index contributed by atoms with van der Waals surface area (Å²) < 4.78 is 36.2. The number of piperidine rings is 1. The second-order valence-electron chi connectivity index (χ2n) is 7.23. The summed E-state index contributed by atoms with van der Waals surface area (Å²) in [6.45, 7) is 2.50. The largest absolute Gasteiger partial charge is 0.349 e. The van der Waals surface area contributed by atoms with E-state index in [1.165, 1.54) is 4.31 Å². The Kier molecular flexibility index (Phi) is 5.62. The SMILES string of the molecule is CC(NC(=O)C1CCCN(S(=O)(=O)c2cccc3nsnc23)C1)c1ccccc1. The third kappa shape index (κ3) is 4.03. The zero-order valence-electron chi connectivity index (χ0n) is 16.0. The number of nitrogens with zero attached hydrogens (tertiary/aromatic N) is 3. The Morgan fingerprint density at radius 3 is 2.76 bits per heavy atom. The molecular formula is C20H22N4O3S2. The molecule has 0 saturated carbocycles. The highest BCUT2D eigenvalue weighted by Gasteiger charge is 2.35. The van der Waals surface area contributed by atoms with E-state index in [-0.39, 0.29) is 29.3 Å². The van der Waals surface area contributed by atoms with Crippen LogP contribution >= 0.6 is 11.7 Å². The monoisotopic (exact) mass is 430 g/mol. The fourth-order valence-corrected chi connectivity index (χ4v) is 5.94. The minimum absolute atomic E-state index is 0.116. The number of amides is 1. The van der Waals surface area contributed by atoms with Crippen LogP contribution in [0.15, 0.2) is 53.4 Å². The van der Waals surface area contributed by atoms with E-state index in [1.54, 1.807) is 18.2 Å². The number of benzene rings is 2. The molecule has 7 nitrogen and oxygen atoms in total. The molecule has 0 spiro atoms. The number of aromatic nitrogens is 2. The zero-order valence-corrected chi connectivity index (χ0v) is 17.6. The molecule has 1 amide bonds. The van der Waals surface area contributed by atoms with Crippen LogP contribution in [0, 0.1) is 5.92 Å². The van der Waals surface area contributed by atoms with Crippen LogP contribution in [-0.4, -0.2) is 40.5 Å². The van der Waals surface area contributed by atoms with Crippen LogP contribution in [0.1, 0.15) is 31.4 Å². The molecule has 2 unspecified atom stereocenters. The predicted octanol–water partition coefficient (Wildman–Crippen LogP) is 2.97. The fourth-order valence-electron chi connectivity index (χ4n) is 3.66. The standard InChI is InChI=1S/C20H22N4O3S2/c1-14(15-7-3-2-4-8-15)21-20(25)16-9-6-12-24(13-16)29(26,27)18-11-5-10-17-19(18)23-28-22-17/h2-5,7-8,10-11,14,16H,6,9,12-13H2,1H3,(H,21,25). The van der Waals surface area contributed by atoms with Gasteiger partial charge in [-0.05, 0) is 37.5 Å². The van der Waals surface area contributed by atoms with Crippen LogP contribution in [0.5, 0.6) is 0 Å². The second-order valence-corrected chi connectivity index (χ2v) is 9.67. The van der Waals surface area contributed by atoms with Crippen molar-refractivity contribution in [1.82, 2.24) is 18.4 Å². The first kappa shape index (κ1) is 19.9. The van der Waals surface area contributed by atoms with Crippen molar-refractivity contribution in [3.63, 3.8) is 0 Å². The number of carbonyl (C=O) groups excluding carboxylic acids is 1. The first-order valence-corrected chi connectivity index (χ1v) is 11.7. The van der Waals surface area contributed by atoms with Crippen LogP contribution in [0.4, 0.5) is 0 Å². The maximum atomic E-state index is 13.2. The van der Waals surface area contributed by atoms with Gasteiger partial charge in [-0.2, -0.15) is 13.1 Å². The maximum Gasteiger partial charge on any atom is 0.245 e. The number of fused-ring (bicyclic) bond motifs is 1. The molecule has 1 N–H and O–H groups in total. The van der Waals surface area contributed by atoms with Gasteiger partial charge < -0.3 is 5.32 Å². The third-order valence-corrected chi connectivity index (χ3v) is 7.72. The van der Waals surface area contributed by atoms with Crippen molar-refractivity contribution >= 4 is 38.7 Å². The Morgan fingerprint density at radius 1 is 1.17 bits per heavy atom. The maximum absolute atomic E-state index is 13.2. The Labute approximate surface area is 174 Å². The molecule has 9 heteroatoms. The molecule has 2 heterocycles. The Balaban J connectivity index is 1.50. The molecule has 0 bridgehead atoms. The van der Waals surface area contributed by atoms with Gasteiger partial charge in [0.05, 0.1) is 23.7 Å². The molecule has 0 aliphatic carbocycles. The van der Waals surface area contributed by atoms with Crippen molar-refractivity contribution in [1.29, 1.82) is 0 Å². The topological polar surface area (TPSA) is 92.3 Å². The van der Waals surface area contributed by atoms with Gasteiger partial charge in [0.2, 0.25) is 15.9 Å². The van der Waals surface area contributed by atoms with Gasteiger partial charge >= 0.3 is 0 Å². The van der Waals surface area contributed by atoms with Crippen LogP contribution in [-0.2, 0) is 14.8 Å². The van der Waals surface area contributed by atoms with Crippen molar-refractivity contribution in [3.05, 3.63) is 54.1 Å². The molecule has 1 aromatic heterocycles. The lowest BCUT2D eigenvalue weighted by atomic mass is 9.98. The van der Waals surface area contributed by atoms with Gasteiger partial charge in [-0.15, -0.1) is 0 Å². The molecule has 0 radical (unpaired) electrons. The molecule has 1 fully saturated rings. The summed E-state index contributed by atoms with van der Waals surface area (Å²) in [5.74, 6) is -0.493. The fraction of sp³-hybridized carbons (Fsp3) is 0.350. The first-order valence-electron chi connectivity index (χ1n) is 9.53. The van der Waals surface area contributed by atoms with E-state index in [1.807, 2.05) is 37.3 Å². The quantitative estimate of drug-likeness (QED) is 0.672. The van der Waals surface area contributed by atoms with Gasteiger partial charge in [0, 0.05) is 13.1 Å². The molecule has 29 heavy (non-hydrogen) atoms. The van der Waals surface area contributed by atoms with Crippen molar-refractivity contribution < 1.29 is 13.2 Å². The Morgan fingerprint density at radius 2 is 1.97 bits per heavy atom. The molecule has 4 rings (SSSR count). The van der Waals surface area contributed by atoms with Crippen LogP contribution in [0.3, 0.4) is 0 Å². The normalized spacial score (nSPS) is 19.1. The molecule has 1 aliphatic rings. The smallest absolute Gasteiger partial charge is 0.245 e. The summed E-state index contributed by atoms with van der Waals surface area (Å²) in [7, 11) is -3.75. The minimum Gasteiger partial charge on any atom is -0.349 e. The molecule has 1 saturated heterocycles. The number of nitrogens with one attached hydrogen (secondary N) is 1. The van der Waals surface area contributed by atoms with Crippen molar-refractivity contribution in [2.75, 3.05) is 13.1 Å². The Hall–Kier alpha value is -2.36. The number of carbonyl (C=O) groups is 1. The lowest BCUT2D eigenvalue weighted by Crippen LogP contribution is -2.45. The van der Waals surface area contributed by atoms with E-state index in [0.717, 1.165) is 17.3 Å². The molecule has 1 aliphatic heterocycles. The van der Waals surface area contributed by atoms with Crippen molar-refractivity contribution in [3.8, 4) is 0 Å². The average molecular weight is 431 g/mol. The van der Waals surface area contributed by atoms with E-state index >= 15 is 0 Å². The van der Waals surface area contributed by atoms with Gasteiger partial charge in [-0.3, -0.25) is 4.79 Å². The predicted molar refractivity (Wildman–Crippen MR) is 112 cm³/mol. The van der Waals surface area contributed by atoms with Gasteiger partial charge in [0.15, 0.2) is 0 Å². The van der Waals surface area contributed by atoms with E-state index in [0.29, 0.717) is 30.4 Å². The van der Waals surface area contributed by atoms with Gasteiger partial charge in [-0.25, -0.2) is 8.42 Å². The third-order valence-electron chi connectivity index (χ3n) is 5.28. The zero-order chi connectivity index (χ0) is 20.4.